The molecule has 7 heteroatoms. The summed E-state index contributed by atoms with van der Waals surface area (Å²) in [5, 5.41) is 5.34. The third-order valence-electron chi connectivity index (χ3n) is 5.29. The number of halogens is 1. The zero-order valence-electron chi connectivity index (χ0n) is 17.4. The van der Waals surface area contributed by atoms with Crippen LogP contribution in [0.5, 0.6) is 0 Å². The SMILES string of the molecule is O=S(=O)(c1ccc(Cl)cc1)c1nc(-c2cccc3ccccc23)oc1NCc1ccccc1. The predicted molar refractivity (Wildman–Crippen MR) is 130 cm³/mol. The fourth-order valence-corrected chi connectivity index (χ4v) is 5.04. The van der Waals surface area contributed by atoms with E-state index in [1.807, 2.05) is 72.8 Å². The van der Waals surface area contributed by atoms with Gasteiger partial charge in [-0.15, -0.1) is 0 Å². The van der Waals surface area contributed by atoms with Gasteiger partial charge in [0, 0.05) is 17.1 Å². The number of hydrogen-bond acceptors (Lipinski definition) is 5. The Labute approximate surface area is 196 Å². The summed E-state index contributed by atoms with van der Waals surface area (Å²) in [6.45, 7) is 0.383. The molecule has 0 aliphatic heterocycles. The van der Waals surface area contributed by atoms with Gasteiger partial charge in [-0.3, -0.25) is 0 Å². The Morgan fingerprint density at radius 3 is 2.30 bits per heavy atom. The monoisotopic (exact) mass is 474 g/mol. The highest BCUT2D eigenvalue weighted by atomic mass is 35.5. The molecule has 0 amide bonds. The smallest absolute Gasteiger partial charge is 0.234 e. The molecule has 5 nitrogen and oxygen atoms in total. The molecule has 1 aromatic heterocycles. The number of rotatable bonds is 6. The van der Waals surface area contributed by atoms with Gasteiger partial charge in [-0.25, -0.2) is 8.42 Å². The van der Waals surface area contributed by atoms with Crippen LogP contribution in [0, 0.1) is 0 Å². The van der Waals surface area contributed by atoms with E-state index in [0.29, 0.717) is 17.1 Å². The number of oxazole rings is 1. The number of fused-ring (bicyclic) bond motifs is 1. The molecule has 33 heavy (non-hydrogen) atoms. The topological polar surface area (TPSA) is 72.2 Å². The third kappa shape index (κ3) is 4.23. The normalized spacial score (nSPS) is 11.5. The van der Waals surface area contributed by atoms with Crippen molar-refractivity contribution in [3.05, 3.63) is 108 Å². The minimum atomic E-state index is -3.96. The number of anilines is 1. The molecule has 0 saturated carbocycles. The van der Waals surface area contributed by atoms with E-state index in [1.54, 1.807) is 0 Å². The van der Waals surface area contributed by atoms with Crippen molar-refractivity contribution >= 4 is 38.1 Å². The fourth-order valence-electron chi connectivity index (χ4n) is 3.63. The summed E-state index contributed by atoms with van der Waals surface area (Å²) in [5.74, 6) is 0.326. The predicted octanol–water partition coefficient (Wildman–Crippen LogP) is 6.59. The maximum Gasteiger partial charge on any atom is 0.234 e. The van der Waals surface area contributed by atoms with Crippen LogP contribution in [0.15, 0.2) is 111 Å². The first-order chi connectivity index (χ1) is 16.0. The van der Waals surface area contributed by atoms with Gasteiger partial charge >= 0.3 is 0 Å². The zero-order valence-corrected chi connectivity index (χ0v) is 19.0. The molecule has 164 valence electrons. The summed E-state index contributed by atoms with van der Waals surface area (Å²) >= 11 is 5.95. The van der Waals surface area contributed by atoms with Gasteiger partial charge in [-0.05, 0) is 46.7 Å². The fraction of sp³-hybridized carbons (Fsp3) is 0.0385. The molecule has 1 N–H and O–H groups in total. The summed E-state index contributed by atoms with van der Waals surface area (Å²) < 4.78 is 33.0. The summed E-state index contributed by atoms with van der Waals surface area (Å²) in [6, 6.07) is 29.2. The molecule has 4 aromatic carbocycles. The molecular weight excluding hydrogens is 456 g/mol. The molecule has 0 fully saturated rings. The van der Waals surface area contributed by atoms with Crippen molar-refractivity contribution in [2.24, 2.45) is 0 Å². The van der Waals surface area contributed by atoms with Crippen molar-refractivity contribution in [1.29, 1.82) is 0 Å². The second-order valence-corrected chi connectivity index (χ2v) is 9.78. The lowest BCUT2D eigenvalue weighted by Gasteiger charge is -2.06. The molecule has 0 unspecified atom stereocenters. The Bertz CT molecular complexity index is 1520. The molecule has 0 aliphatic carbocycles. The Kier molecular flexibility index (Phi) is 5.62. The highest BCUT2D eigenvalue weighted by Gasteiger charge is 2.29. The summed E-state index contributed by atoms with van der Waals surface area (Å²) in [4.78, 5) is 4.55. The van der Waals surface area contributed by atoms with E-state index in [9.17, 15) is 8.42 Å². The summed E-state index contributed by atoms with van der Waals surface area (Å²) in [6.07, 6.45) is 0. The minimum absolute atomic E-state index is 0.0902. The molecule has 0 radical (unpaired) electrons. The van der Waals surface area contributed by atoms with Crippen LogP contribution in [0.1, 0.15) is 5.56 Å². The van der Waals surface area contributed by atoms with Crippen LogP contribution in [0.3, 0.4) is 0 Å². The zero-order chi connectivity index (χ0) is 22.8. The highest BCUT2D eigenvalue weighted by molar-refractivity contribution is 7.91. The van der Waals surface area contributed by atoms with Crippen molar-refractivity contribution in [1.82, 2.24) is 4.98 Å². The number of sulfone groups is 1. The van der Waals surface area contributed by atoms with Gasteiger partial charge in [0.05, 0.1) is 4.90 Å². The largest absolute Gasteiger partial charge is 0.419 e. The number of nitrogens with one attached hydrogen (secondary N) is 1. The average Bonchev–Trinajstić information content (AvgIpc) is 3.28. The molecule has 0 saturated heterocycles. The van der Waals surface area contributed by atoms with Crippen LogP contribution in [0.25, 0.3) is 22.2 Å². The first kappa shape index (κ1) is 21.2. The first-order valence-corrected chi connectivity index (χ1v) is 12.2. The van der Waals surface area contributed by atoms with Crippen molar-refractivity contribution in [3.63, 3.8) is 0 Å². The van der Waals surface area contributed by atoms with Gasteiger partial charge in [-0.2, -0.15) is 4.98 Å². The number of nitrogens with zero attached hydrogens (tertiary/aromatic N) is 1. The number of aromatic nitrogens is 1. The average molecular weight is 475 g/mol. The van der Waals surface area contributed by atoms with Crippen molar-refractivity contribution in [3.8, 4) is 11.5 Å². The van der Waals surface area contributed by atoms with Crippen LogP contribution >= 0.6 is 11.6 Å². The van der Waals surface area contributed by atoms with Gasteiger partial charge in [0.1, 0.15) is 0 Å². The van der Waals surface area contributed by atoms with Crippen LogP contribution < -0.4 is 5.32 Å². The molecule has 1 heterocycles. The van der Waals surface area contributed by atoms with E-state index in [1.165, 1.54) is 24.3 Å². The molecule has 5 aromatic rings. The Morgan fingerprint density at radius 1 is 0.818 bits per heavy atom. The molecule has 0 spiro atoms. The van der Waals surface area contributed by atoms with Gasteiger partial charge in [0.2, 0.25) is 26.6 Å². The van der Waals surface area contributed by atoms with Gasteiger partial charge in [-0.1, -0.05) is 78.3 Å². The van der Waals surface area contributed by atoms with Crippen LogP contribution in [-0.2, 0) is 16.4 Å². The molecule has 0 aliphatic rings. The lowest BCUT2D eigenvalue weighted by Crippen LogP contribution is -2.07. The molecule has 0 atom stereocenters. The summed E-state index contributed by atoms with van der Waals surface area (Å²) in [5.41, 5.74) is 1.70. The standard InChI is InChI=1S/C26H19ClN2O3S/c27-20-13-15-21(16-14-20)33(30,31)26-25(28-17-18-7-2-1-3-8-18)32-24(29-26)23-12-6-10-19-9-4-5-11-22(19)23/h1-16,28H,17H2. The van der Waals surface area contributed by atoms with Crippen molar-refractivity contribution in [2.75, 3.05) is 5.32 Å². The molecule has 5 rings (SSSR count). The van der Waals surface area contributed by atoms with Crippen LogP contribution in [0.2, 0.25) is 5.02 Å². The van der Waals surface area contributed by atoms with Gasteiger partial charge in [0.15, 0.2) is 0 Å². The lowest BCUT2D eigenvalue weighted by atomic mass is 10.0. The Hall–Kier alpha value is -3.61. The van der Waals surface area contributed by atoms with E-state index < -0.39 is 9.84 Å². The second-order valence-electron chi connectivity index (χ2n) is 7.48. The van der Waals surface area contributed by atoms with Crippen molar-refractivity contribution < 1.29 is 12.8 Å². The Morgan fingerprint density at radius 2 is 1.52 bits per heavy atom. The quantitative estimate of drug-likeness (QED) is 0.300. The molecule has 0 bridgehead atoms. The van der Waals surface area contributed by atoms with E-state index in [0.717, 1.165) is 16.3 Å². The molecular formula is C26H19ClN2O3S. The van der Waals surface area contributed by atoms with Crippen molar-refractivity contribution in [2.45, 2.75) is 16.5 Å². The maximum absolute atomic E-state index is 13.5. The third-order valence-corrected chi connectivity index (χ3v) is 7.22. The number of hydrogen-bond donors (Lipinski definition) is 1. The van der Waals surface area contributed by atoms with E-state index in [2.05, 4.69) is 10.3 Å². The van der Waals surface area contributed by atoms with Gasteiger partial charge < -0.3 is 9.73 Å². The van der Waals surface area contributed by atoms with E-state index >= 15 is 0 Å². The lowest BCUT2D eigenvalue weighted by molar-refractivity contribution is 0.577. The second kappa shape index (κ2) is 8.73. The van der Waals surface area contributed by atoms with Crippen LogP contribution in [-0.4, -0.2) is 13.4 Å². The van der Waals surface area contributed by atoms with Crippen LogP contribution in [0.4, 0.5) is 5.88 Å². The highest BCUT2D eigenvalue weighted by Crippen LogP contribution is 2.35. The van der Waals surface area contributed by atoms with Gasteiger partial charge in [0.25, 0.3) is 0 Å². The van der Waals surface area contributed by atoms with E-state index in [-0.39, 0.29) is 21.7 Å². The number of benzene rings is 4. The first-order valence-electron chi connectivity index (χ1n) is 10.3. The Balaban J connectivity index is 1.63. The maximum atomic E-state index is 13.5. The minimum Gasteiger partial charge on any atom is -0.419 e. The van der Waals surface area contributed by atoms with E-state index in [4.69, 9.17) is 16.0 Å². The summed E-state index contributed by atoms with van der Waals surface area (Å²) in [7, 11) is -3.96.